The Morgan fingerprint density at radius 1 is 1.75 bits per heavy atom. The van der Waals surface area contributed by atoms with Crippen molar-refractivity contribution in [1.29, 1.82) is 0 Å². The molecule has 0 aromatic carbocycles. The van der Waals surface area contributed by atoms with Crippen LogP contribution in [0.4, 0.5) is 0 Å². The van der Waals surface area contributed by atoms with Gasteiger partial charge in [-0.15, -0.1) is 0 Å². The number of hydrogen-bond donors (Lipinski definition) is 1. The van der Waals surface area contributed by atoms with E-state index >= 15 is 0 Å². The zero-order valence-electron chi connectivity index (χ0n) is 5.51. The molecule has 0 amide bonds. The summed E-state index contributed by atoms with van der Waals surface area (Å²) < 4.78 is 5.12. The van der Waals surface area contributed by atoms with Crippen molar-refractivity contribution in [3.63, 3.8) is 0 Å². The average Bonchev–Trinajstić information content (AvgIpc) is 2.17. The smallest absolute Gasteiger partial charge is 0.117 e. The molecule has 8 heavy (non-hydrogen) atoms. The van der Waals surface area contributed by atoms with E-state index in [1.165, 1.54) is 0 Å². The minimum absolute atomic E-state index is 0.236. The lowest BCUT2D eigenvalue weighted by Crippen LogP contribution is -2.24. The molecule has 0 aliphatic carbocycles. The van der Waals surface area contributed by atoms with Crippen LogP contribution in [0.25, 0.3) is 0 Å². The first-order valence-electron chi connectivity index (χ1n) is 2.93. The fourth-order valence-electron chi connectivity index (χ4n) is 0.785. The highest BCUT2D eigenvalue weighted by Crippen LogP contribution is 2.38. The summed E-state index contributed by atoms with van der Waals surface area (Å²) in [4.78, 5) is 0. The molecular formula is C6H12O2. The van der Waals surface area contributed by atoms with Crippen LogP contribution in [-0.4, -0.2) is 22.9 Å². The van der Waals surface area contributed by atoms with Crippen molar-refractivity contribution in [3.05, 3.63) is 0 Å². The van der Waals surface area contributed by atoms with Crippen molar-refractivity contribution < 1.29 is 9.84 Å². The molecule has 2 nitrogen and oxygen atoms in total. The van der Waals surface area contributed by atoms with Gasteiger partial charge < -0.3 is 9.84 Å². The van der Waals surface area contributed by atoms with Gasteiger partial charge in [0, 0.05) is 0 Å². The van der Waals surface area contributed by atoms with Crippen molar-refractivity contribution in [3.8, 4) is 0 Å². The molecule has 1 saturated heterocycles. The van der Waals surface area contributed by atoms with Gasteiger partial charge >= 0.3 is 0 Å². The van der Waals surface area contributed by atoms with E-state index in [1.807, 2.05) is 13.8 Å². The summed E-state index contributed by atoms with van der Waals surface area (Å²) in [6, 6.07) is 0. The van der Waals surface area contributed by atoms with Gasteiger partial charge in [-0.2, -0.15) is 0 Å². The molecule has 3 atom stereocenters. The van der Waals surface area contributed by atoms with Crippen molar-refractivity contribution >= 4 is 0 Å². The first-order valence-corrected chi connectivity index (χ1v) is 2.93. The van der Waals surface area contributed by atoms with E-state index in [0.29, 0.717) is 0 Å². The SMILES string of the molecule is C[C@@H](O)[C@]1(C)O[C@@H]1C. The lowest BCUT2D eigenvalue weighted by atomic mass is 10.0. The van der Waals surface area contributed by atoms with Crippen molar-refractivity contribution in [2.45, 2.75) is 38.6 Å². The largest absolute Gasteiger partial charge is 0.390 e. The molecule has 0 bridgehead atoms. The van der Waals surface area contributed by atoms with Gasteiger partial charge in [-0.25, -0.2) is 0 Å². The van der Waals surface area contributed by atoms with Gasteiger partial charge in [0.2, 0.25) is 0 Å². The maximum atomic E-state index is 9.00. The Bertz CT molecular complexity index is 101. The maximum absolute atomic E-state index is 9.00. The van der Waals surface area contributed by atoms with Crippen LogP contribution in [0, 0.1) is 0 Å². The standard InChI is InChI=1S/C6H12O2/c1-4(7)6(3)5(2)8-6/h4-5,7H,1-3H3/t4-,5-,6+/m1/s1. The van der Waals surface area contributed by atoms with Gasteiger partial charge in [-0.05, 0) is 20.8 Å². The summed E-state index contributed by atoms with van der Waals surface area (Å²) in [6.45, 7) is 5.64. The second-order valence-corrected chi connectivity index (χ2v) is 2.62. The summed E-state index contributed by atoms with van der Waals surface area (Å²) in [5, 5.41) is 9.00. The lowest BCUT2D eigenvalue weighted by molar-refractivity contribution is 0.101. The molecule has 1 rings (SSSR count). The molecule has 0 unspecified atom stereocenters. The van der Waals surface area contributed by atoms with Gasteiger partial charge in [0.05, 0.1) is 12.2 Å². The Morgan fingerprint density at radius 3 is 2.12 bits per heavy atom. The van der Waals surface area contributed by atoms with E-state index in [1.54, 1.807) is 6.92 Å². The van der Waals surface area contributed by atoms with E-state index in [-0.39, 0.29) is 17.8 Å². The molecule has 1 aliphatic heterocycles. The van der Waals surface area contributed by atoms with E-state index in [0.717, 1.165) is 0 Å². The molecule has 48 valence electrons. The number of hydrogen-bond acceptors (Lipinski definition) is 2. The van der Waals surface area contributed by atoms with Crippen LogP contribution < -0.4 is 0 Å². The summed E-state index contributed by atoms with van der Waals surface area (Å²) in [5.41, 5.74) is -0.236. The van der Waals surface area contributed by atoms with Crippen LogP contribution >= 0.6 is 0 Å². The third-order valence-electron chi connectivity index (χ3n) is 2.01. The second kappa shape index (κ2) is 1.45. The van der Waals surface area contributed by atoms with Crippen LogP contribution in [0.5, 0.6) is 0 Å². The highest BCUT2D eigenvalue weighted by Gasteiger charge is 2.52. The van der Waals surface area contributed by atoms with E-state index in [2.05, 4.69) is 0 Å². The second-order valence-electron chi connectivity index (χ2n) is 2.62. The molecule has 0 spiro atoms. The minimum Gasteiger partial charge on any atom is -0.390 e. The number of aliphatic hydroxyl groups excluding tert-OH is 1. The molecule has 0 saturated carbocycles. The van der Waals surface area contributed by atoms with E-state index in [4.69, 9.17) is 9.84 Å². The zero-order chi connectivity index (χ0) is 6.36. The molecule has 0 radical (unpaired) electrons. The Morgan fingerprint density at radius 2 is 2.12 bits per heavy atom. The molecule has 1 aliphatic rings. The summed E-state index contributed by atoms with van der Waals surface area (Å²) in [6.07, 6.45) is -0.0972. The Labute approximate surface area is 49.5 Å². The Hall–Kier alpha value is -0.0800. The molecule has 1 heterocycles. The minimum atomic E-state index is -0.336. The van der Waals surface area contributed by atoms with Crippen molar-refractivity contribution in [1.82, 2.24) is 0 Å². The molecule has 1 fully saturated rings. The van der Waals surface area contributed by atoms with Crippen LogP contribution in [0.3, 0.4) is 0 Å². The van der Waals surface area contributed by atoms with Gasteiger partial charge in [0.1, 0.15) is 5.60 Å². The van der Waals surface area contributed by atoms with Crippen LogP contribution in [0.15, 0.2) is 0 Å². The molecule has 0 aromatic heterocycles. The molecule has 2 heteroatoms. The normalized spacial score (nSPS) is 48.8. The van der Waals surface area contributed by atoms with Crippen molar-refractivity contribution in [2.24, 2.45) is 0 Å². The fraction of sp³-hybridized carbons (Fsp3) is 1.00. The Kier molecular flexibility index (Phi) is 1.10. The third-order valence-corrected chi connectivity index (χ3v) is 2.01. The first-order chi connectivity index (χ1) is 3.57. The van der Waals surface area contributed by atoms with Gasteiger partial charge in [-0.1, -0.05) is 0 Å². The number of epoxide rings is 1. The summed E-state index contributed by atoms with van der Waals surface area (Å²) >= 11 is 0. The third kappa shape index (κ3) is 0.644. The first kappa shape index (κ1) is 6.05. The highest BCUT2D eigenvalue weighted by atomic mass is 16.6. The monoisotopic (exact) mass is 116 g/mol. The average molecular weight is 116 g/mol. The molecule has 1 N–H and O–H groups in total. The van der Waals surface area contributed by atoms with Crippen LogP contribution in [0.2, 0.25) is 0 Å². The predicted molar refractivity (Wildman–Crippen MR) is 30.6 cm³/mol. The summed E-state index contributed by atoms with van der Waals surface area (Å²) in [7, 11) is 0. The van der Waals surface area contributed by atoms with Gasteiger partial charge in [-0.3, -0.25) is 0 Å². The quantitative estimate of drug-likeness (QED) is 0.507. The molecular weight excluding hydrogens is 104 g/mol. The summed E-state index contributed by atoms with van der Waals surface area (Å²) in [5.74, 6) is 0. The van der Waals surface area contributed by atoms with Crippen LogP contribution in [-0.2, 0) is 4.74 Å². The topological polar surface area (TPSA) is 32.8 Å². The number of rotatable bonds is 1. The number of aliphatic hydroxyl groups is 1. The van der Waals surface area contributed by atoms with Gasteiger partial charge in [0.15, 0.2) is 0 Å². The predicted octanol–water partition coefficient (Wildman–Crippen LogP) is 0.545. The molecule has 0 aromatic rings. The Balaban J connectivity index is 2.47. The van der Waals surface area contributed by atoms with Gasteiger partial charge in [0.25, 0.3) is 0 Å². The zero-order valence-corrected chi connectivity index (χ0v) is 5.51. The number of ether oxygens (including phenoxy) is 1. The van der Waals surface area contributed by atoms with Crippen LogP contribution in [0.1, 0.15) is 20.8 Å². The lowest BCUT2D eigenvalue weighted by Gasteiger charge is -2.06. The van der Waals surface area contributed by atoms with E-state index < -0.39 is 0 Å². The van der Waals surface area contributed by atoms with Crippen molar-refractivity contribution in [2.75, 3.05) is 0 Å². The highest BCUT2D eigenvalue weighted by molar-refractivity contribution is 4.99. The fourth-order valence-corrected chi connectivity index (χ4v) is 0.785. The van der Waals surface area contributed by atoms with E-state index in [9.17, 15) is 0 Å². The maximum Gasteiger partial charge on any atom is 0.117 e.